The smallest absolute Gasteiger partial charge is 0.358 e. The average Bonchev–Trinajstić information content (AvgIpc) is 3.43. The molecular formula is C10H6N14O12. The summed E-state index contributed by atoms with van der Waals surface area (Å²) in [7, 11) is 0. The van der Waals surface area contributed by atoms with E-state index >= 15 is 0 Å². The first kappa shape index (κ1) is 24.4. The van der Waals surface area contributed by atoms with Gasteiger partial charge in [0.15, 0.2) is 34.9 Å². The highest BCUT2D eigenvalue weighted by Gasteiger charge is 2.48. The van der Waals surface area contributed by atoms with Gasteiger partial charge in [0, 0.05) is 0 Å². The van der Waals surface area contributed by atoms with Gasteiger partial charge in [0.05, 0.1) is 9.85 Å². The first-order valence-electron chi connectivity index (χ1n) is 8.52. The summed E-state index contributed by atoms with van der Waals surface area (Å²) in [5.41, 5.74) is -3.06. The van der Waals surface area contributed by atoms with Crippen LogP contribution < -0.4 is 5.84 Å². The third-order valence-corrected chi connectivity index (χ3v) is 4.24. The molecule has 0 aliphatic rings. The number of nitro groups is 6. The van der Waals surface area contributed by atoms with Crippen LogP contribution in [0.25, 0.3) is 0 Å². The fraction of sp³-hybridized carbons (Fsp3) is 0.200. The molecule has 188 valence electrons. The Morgan fingerprint density at radius 3 is 1.17 bits per heavy atom. The van der Waals surface area contributed by atoms with Gasteiger partial charge in [-0.25, -0.2) is 4.68 Å². The molecule has 0 unspecified atom stereocenters. The summed E-state index contributed by atoms with van der Waals surface area (Å²) in [5.74, 6) is -0.968. The average molecular weight is 514 g/mol. The number of hydrogen-bond donors (Lipinski definition) is 1. The van der Waals surface area contributed by atoms with E-state index in [-0.39, 0.29) is 9.36 Å². The molecular weight excluding hydrogens is 508 g/mol. The molecule has 0 aliphatic carbocycles. The van der Waals surface area contributed by atoms with Crippen LogP contribution in [0.1, 0.15) is 11.6 Å². The first-order chi connectivity index (χ1) is 16.8. The Kier molecular flexibility index (Phi) is 5.83. The molecule has 0 radical (unpaired) electrons. The highest BCUT2D eigenvalue weighted by atomic mass is 16.7. The first-order valence-corrected chi connectivity index (χ1v) is 8.52. The summed E-state index contributed by atoms with van der Waals surface area (Å²) in [6.07, 6.45) is 0. The van der Waals surface area contributed by atoms with Crippen LogP contribution in [0.4, 0.5) is 34.6 Å². The molecule has 3 rings (SSSR count). The Bertz CT molecular complexity index is 1370. The van der Waals surface area contributed by atoms with Crippen molar-refractivity contribution in [3.05, 3.63) is 72.3 Å². The summed E-state index contributed by atoms with van der Waals surface area (Å²) < 4.78 is 0.949. The molecule has 0 saturated heterocycles. The van der Waals surface area contributed by atoms with Gasteiger partial charge >= 0.3 is 34.6 Å². The van der Waals surface area contributed by atoms with E-state index in [0.29, 0.717) is 4.68 Å². The fourth-order valence-electron chi connectivity index (χ4n) is 2.86. The number of hydrogen-bond acceptors (Lipinski definition) is 17. The van der Waals surface area contributed by atoms with Crippen LogP contribution in [0.2, 0.25) is 0 Å². The van der Waals surface area contributed by atoms with Gasteiger partial charge in [-0.1, -0.05) is 0 Å². The van der Waals surface area contributed by atoms with Crippen LogP contribution in [0, 0.1) is 60.7 Å². The second kappa shape index (κ2) is 8.60. The zero-order valence-corrected chi connectivity index (χ0v) is 16.7. The number of nitrogen functional groups attached to an aromatic ring is 1. The minimum atomic E-state index is -1.53. The summed E-state index contributed by atoms with van der Waals surface area (Å²) in [6, 6.07) is 0. The van der Waals surface area contributed by atoms with E-state index in [1.807, 2.05) is 0 Å². The molecule has 26 nitrogen and oxygen atoms in total. The summed E-state index contributed by atoms with van der Waals surface area (Å²) in [4.78, 5) is 58.9. The predicted molar refractivity (Wildman–Crippen MR) is 103 cm³/mol. The minimum Gasteiger partial charge on any atom is -0.358 e. The van der Waals surface area contributed by atoms with Gasteiger partial charge in [-0.3, -0.25) is 20.2 Å². The van der Waals surface area contributed by atoms with Crippen molar-refractivity contribution in [2.45, 2.75) is 13.1 Å². The fourth-order valence-corrected chi connectivity index (χ4v) is 2.86. The predicted octanol–water partition coefficient (Wildman–Crippen LogP) is -1.07. The Morgan fingerprint density at radius 1 is 0.583 bits per heavy atom. The molecule has 3 aromatic heterocycles. The number of rotatable bonds is 10. The summed E-state index contributed by atoms with van der Waals surface area (Å²) in [5, 5.41) is 80.4. The van der Waals surface area contributed by atoms with Crippen LogP contribution in [0.5, 0.6) is 0 Å². The van der Waals surface area contributed by atoms with Crippen molar-refractivity contribution < 1.29 is 29.5 Å². The molecule has 3 heterocycles. The van der Waals surface area contributed by atoms with E-state index in [1.165, 1.54) is 0 Å². The lowest BCUT2D eigenvalue weighted by atomic mass is 10.4. The van der Waals surface area contributed by atoms with Gasteiger partial charge in [-0.05, 0) is 29.1 Å². The second-order valence-electron chi connectivity index (χ2n) is 6.25. The zero-order chi connectivity index (χ0) is 27.1. The lowest BCUT2D eigenvalue weighted by Crippen LogP contribution is -2.21. The normalized spacial score (nSPS) is 10.8. The molecule has 0 bridgehead atoms. The third kappa shape index (κ3) is 3.97. The van der Waals surface area contributed by atoms with Gasteiger partial charge in [0.1, 0.15) is 0 Å². The van der Waals surface area contributed by atoms with Gasteiger partial charge < -0.3 is 46.3 Å². The standard InChI is InChI=1S/C10H6N14O12/c11-18-3(1-16-9(23(33)34)5(19(25)26)7(14-16)21(29)30)12-13-4(18)2-17-10(24(35)36)6(20(27)28)8(15-17)22(31)32/h1-2,11H2. The molecule has 0 fully saturated rings. The minimum absolute atomic E-state index is 0.222. The lowest BCUT2D eigenvalue weighted by molar-refractivity contribution is -0.441. The van der Waals surface area contributed by atoms with Gasteiger partial charge in [0.25, 0.3) is 0 Å². The molecule has 0 saturated carbocycles. The number of aromatic nitrogens is 7. The maximum Gasteiger partial charge on any atom is 0.498 e. The van der Waals surface area contributed by atoms with Crippen molar-refractivity contribution in [1.82, 2.24) is 34.4 Å². The quantitative estimate of drug-likeness (QED) is 0.191. The van der Waals surface area contributed by atoms with Crippen LogP contribution in [0.3, 0.4) is 0 Å². The Labute approximate surface area is 191 Å². The van der Waals surface area contributed by atoms with Crippen LogP contribution in [0.15, 0.2) is 0 Å². The van der Waals surface area contributed by atoms with Crippen molar-refractivity contribution in [2.75, 3.05) is 5.84 Å². The van der Waals surface area contributed by atoms with E-state index in [2.05, 4.69) is 20.4 Å². The molecule has 0 spiro atoms. The molecule has 0 aromatic carbocycles. The van der Waals surface area contributed by atoms with Crippen molar-refractivity contribution in [1.29, 1.82) is 0 Å². The molecule has 36 heavy (non-hydrogen) atoms. The molecule has 26 heteroatoms. The third-order valence-electron chi connectivity index (χ3n) is 4.24. The van der Waals surface area contributed by atoms with Crippen LogP contribution in [-0.2, 0) is 13.1 Å². The molecule has 0 atom stereocenters. The highest BCUT2D eigenvalue weighted by Crippen LogP contribution is 2.37. The van der Waals surface area contributed by atoms with Crippen molar-refractivity contribution in [3.63, 3.8) is 0 Å². The SMILES string of the molecule is Nn1c(Cn2nc([N+](=O)[O-])c([N+](=O)[O-])c2[N+](=O)[O-])nnc1Cn1nc([N+](=O)[O-])c([N+](=O)[O-])c1[N+](=O)[O-]. The van der Waals surface area contributed by atoms with E-state index in [1.54, 1.807) is 0 Å². The van der Waals surface area contributed by atoms with E-state index in [4.69, 9.17) is 5.84 Å². The lowest BCUT2D eigenvalue weighted by Gasteiger charge is -1.99. The highest BCUT2D eigenvalue weighted by molar-refractivity contribution is 5.60. The Hall–Kier alpha value is -6.24. The topological polar surface area (TPSA) is 351 Å². The maximum absolute atomic E-state index is 11.3. The Morgan fingerprint density at radius 2 is 0.917 bits per heavy atom. The number of nitrogens with zero attached hydrogens (tertiary/aromatic N) is 13. The van der Waals surface area contributed by atoms with E-state index in [9.17, 15) is 60.7 Å². The molecule has 0 amide bonds. The van der Waals surface area contributed by atoms with E-state index < -0.39 is 88.9 Å². The monoisotopic (exact) mass is 514 g/mol. The van der Waals surface area contributed by atoms with Crippen LogP contribution in [-0.4, -0.2) is 64.0 Å². The van der Waals surface area contributed by atoms with E-state index in [0.717, 1.165) is 0 Å². The molecule has 0 aliphatic heterocycles. The second-order valence-corrected chi connectivity index (χ2v) is 6.25. The van der Waals surface area contributed by atoms with Crippen molar-refractivity contribution >= 4 is 34.6 Å². The van der Waals surface area contributed by atoms with Crippen molar-refractivity contribution in [3.8, 4) is 0 Å². The van der Waals surface area contributed by atoms with Gasteiger partial charge in [0.2, 0.25) is 0 Å². The number of nitrogens with two attached hydrogens (primary N) is 1. The van der Waals surface area contributed by atoms with Gasteiger partial charge in [-0.2, -0.15) is 0 Å². The summed E-state index contributed by atoms with van der Waals surface area (Å²) >= 11 is 0. The molecule has 2 N–H and O–H groups in total. The van der Waals surface area contributed by atoms with Crippen molar-refractivity contribution in [2.24, 2.45) is 0 Å². The molecule has 3 aromatic rings. The largest absolute Gasteiger partial charge is 0.498 e. The van der Waals surface area contributed by atoms with Crippen LogP contribution >= 0.6 is 0 Å². The Balaban J connectivity index is 2.06. The van der Waals surface area contributed by atoms with Gasteiger partial charge in [-0.15, -0.1) is 10.2 Å². The zero-order valence-electron chi connectivity index (χ0n) is 16.7. The summed E-state index contributed by atoms with van der Waals surface area (Å²) in [6.45, 7) is -1.81. The maximum atomic E-state index is 11.3.